The molecule has 1 aromatic rings. The Morgan fingerprint density at radius 1 is 1.43 bits per heavy atom. The Labute approximate surface area is 135 Å². The van der Waals surface area contributed by atoms with Gasteiger partial charge in [0, 0.05) is 19.6 Å². The average Bonchev–Trinajstić information content (AvgIpc) is 2.49. The number of nitrogens with one attached hydrogen (secondary N) is 1. The highest BCUT2D eigenvalue weighted by molar-refractivity contribution is 6.42. The van der Waals surface area contributed by atoms with Gasteiger partial charge >= 0.3 is 0 Å². The Hall–Kier alpha value is -1.03. The molecule has 1 unspecified atom stereocenters. The van der Waals surface area contributed by atoms with E-state index in [1.54, 1.807) is 6.08 Å². The molecule has 1 atom stereocenters. The van der Waals surface area contributed by atoms with Gasteiger partial charge in [-0.15, -0.1) is 6.58 Å². The predicted molar refractivity (Wildman–Crippen MR) is 87.7 cm³/mol. The topological polar surface area (TPSA) is 32.3 Å². The second-order valence-electron chi connectivity index (χ2n) is 5.36. The van der Waals surface area contributed by atoms with Crippen LogP contribution in [0, 0.1) is 5.92 Å². The molecule has 3 nitrogen and oxygen atoms in total. The van der Waals surface area contributed by atoms with Crippen LogP contribution in [0.5, 0.6) is 0 Å². The molecule has 0 saturated carbocycles. The lowest BCUT2D eigenvalue weighted by molar-refractivity contribution is -0.126. The summed E-state index contributed by atoms with van der Waals surface area (Å²) < 4.78 is 0. The van der Waals surface area contributed by atoms with E-state index in [0.29, 0.717) is 16.6 Å². The summed E-state index contributed by atoms with van der Waals surface area (Å²) in [6, 6.07) is 5.69. The zero-order valence-electron chi connectivity index (χ0n) is 11.9. The van der Waals surface area contributed by atoms with Crippen molar-refractivity contribution in [3.8, 4) is 0 Å². The molecule has 0 bridgehead atoms. The van der Waals surface area contributed by atoms with E-state index in [1.165, 1.54) is 0 Å². The van der Waals surface area contributed by atoms with E-state index >= 15 is 0 Å². The van der Waals surface area contributed by atoms with Gasteiger partial charge in [0.25, 0.3) is 0 Å². The molecule has 1 saturated heterocycles. The van der Waals surface area contributed by atoms with Crippen LogP contribution >= 0.6 is 23.2 Å². The third kappa shape index (κ3) is 4.73. The number of likely N-dealkylation sites (tertiary alicyclic amines) is 1. The van der Waals surface area contributed by atoms with Crippen molar-refractivity contribution in [2.24, 2.45) is 5.92 Å². The van der Waals surface area contributed by atoms with Crippen LogP contribution in [-0.4, -0.2) is 30.4 Å². The second-order valence-corrected chi connectivity index (χ2v) is 6.17. The number of piperidine rings is 1. The van der Waals surface area contributed by atoms with Gasteiger partial charge in [0.05, 0.1) is 16.0 Å². The average molecular weight is 327 g/mol. The quantitative estimate of drug-likeness (QED) is 0.840. The van der Waals surface area contributed by atoms with E-state index < -0.39 is 0 Å². The zero-order chi connectivity index (χ0) is 15.2. The number of hydrogen-bond acceptors (Lipinski definition) is 2. The summed E-state index contributed by atoms with van der Waals surface area (Å²) in [6.45, 7) is 6.73. The van der Waals surface area contributed by atoms with Crippen LogP contribution in [-0.2, 0) is 11.3 Å². The van der Waals surface area contributed by atoms with E-state index in [-0.39, 0.29) is 11.8 Å². The predicted octanol–water partition coefficient (Wildman–Crippen LogP) is 3.51. The van der Waals surface area contributed by atoms with E-state index in [0.717, 1.165) is 38.0 Å². The molecule has 1 amide bonds. The first-order chi connectivity index (χ1) is 10.1. The number of benzene rings is 1. The minimum absolute atomic E-state index is 0.0569. The van der Waals surface area contributed by atoms with E-state index in [1.807, 2.05) is 18.2 Å². The fraction of sp³-hybridized carbons (Fsp3) is 0.438. The monoisotopic (exact) mass is 326 g/mol. The summed E-state index contributed by atoms with van der Waals surface area (Å²) in [6.07, 6.45) is 3.68. The van der Waals surface area contributed by atoms with Crippen LogP contribution in [0.1, 0.15) is 18.4 Å². The first-order valence-corrected chi connectivity index (χ1v) is 7.90. The van der Waals surface area contributed by atoms with Crippen molar-refractivity contribution in [2.75, 3.05) is 19.6 Å². The number of halogens is 2. The lowest BCUT2D eigenvalue weighted by Gasteiger charge is -2.32. The fourth-order valence-electron chi connectivity index (χ4n) is 2.63. The van der Waals surface area contributed by atoms with Gasteiger partial charge in [-0.3, -0.25) is 9.69 Å². The van der Waals surface area contributed by atoms with Gasteiger partial charge in [0.2, 0.25) is 5.91 Å². The molecular formula is C16H20Cl2N2O. The van der Waals surface area contributed by atoms with E-state index in [9.17, 15) is 4.79 Å². The first kappa shape index (κ1) is 16.3. The van der Waals surface area contributed by atoms with Crippen LogP contribution in [0.2, 0.25) is 10.0 Å². The molecule has 2 rings (SSSR count). The Kier molecular flexibility index (Phi) is 6.09. The number of carbonyl (C=O) groups excluding carboxylic acids is 1. The Balaban J connectivity index is 1.93. The minimum atomic E-state index is 0.0569. The number of rotatable bonds is 5. The summed E-state index contributed by atoms with van der Waals surface area (Å²) in [5.74, 6) is 0.176. The van der Waals surface area contributed by atoms with Gasteiger partial charge in [-0.05, 0) is 37.1 Å². The number of amides is 1. The highest BCUT2D eigenvalue weighted by atomic mass is 35.5. The SMILES string of the molecule is C=CCNC(=O)C1CCCN(Cc2ccc(Cl)c(Cl)c2)C1. The summed E-state index contributed by atoms with van der Waals surface area (Å²) >= 11 is 12.0. The minimum Gasteiger partial charge on any atom is -0.352 e. The highest BCUT2D eigenvalue weighted by Gasteiger charge is 2.25. The molecule has 1 fully saturated rings. The molecule has 1 N–H and O–H groups in total. The van der Waals surface area contributed by atoms with Crippen LogP contribution in [0.25, 0.3) is 0 Å². The summed E-state index contributed by atoms with van der Waals surface area (Å²) in [5.41, 5.74) is 1.12. The zero-order valence-corrected chi connectivity index (χ0v) is 13.5. The molecule has 0 radical (unpaired) electrons. The molecule has 0 spiro atoms. The number of nitrogens with zero attached hydrogens (tertiary/aromatic N) is 1. The first-order valence-electron chi connectivity index (χ1n) is 7.15. The molecular weight excluding hydrogens is 307 g/mol. The van der Waals surface area contributed by atoms with Gasteiger partial charge in [-0.1, -0.05) is 35.3 Å². The molecule has 0 aromatic heterocycles. The lowest BCUT2D eigenvalue weighted by Crippen LogP contribution is -2.42. The molecule has 1 heterocycles. The molecule has 5 heteroatoms. The van der Waals surface area contributed by atoms with Gasteiger partial charge in [0.15, 0.2) is 0 Å². The third-order valence-electron chi connectivity index (χ3n) is 3.69. The Bertz CT molecular complexity index is 519. The van der Waals surface area contributed by atoms with Crippen molar-refractivity contribution in [1.82, 2.24) is 10.2 Å². The van der Waals surface area contributed by atoms with Crippen molar-refractivity contribution < 1.29 is 4.79 Å². The van der Waals surface area contributed by atoms with E-state index in [2.05, 4.69) is 16.8 Å². The molecule has 1 aromatic carbocycles. The Morgan fingerprint density at radius 2 is 2.24 bits per heavy atom. The lowest BCUT2D eigenvalue weighted by atomic mass is 9.96. The van der Waals surface area contributed by atoms with Crippen LogP contribution in [0.4, 0.5) is 0 Å². The maximum Gasteiger partial charge on any atom is 0.224 e. The Morgan fingerprint density at radius 3 is 2.95 bits per heavy atom. The highest BCUT2D eigenvalue weighted by Crippen LogP contribution is 2.24. The third-order valence-corrected chi connectivity index (χ3v) is 4.43. The van der Waals surface area contributed by atoms with Gasteiger partial charge in [-0.2, -0.15) is 0 Å². The normalized spacial score (nSPS) is 19.2. The van der Waals surface area contributed by atoms with Crippen LogP contribution in [0.3, 0.4) is 0 Å². The fourth-order valence-corrected chi connectivity index (χ4v) is 2.95. The molecule has 21 heavy (non-hydrogen) atoms. The summed E-state index contributed by atoms with van der Waals surface area (Å²) in [5, 5.41) is 4.03. The molecule has 1 aliphatic heterocycles. The van der Waals surface area contributed by atoms with Crippen molar-refractivity contribution in [1.29, 1.82) is 0 Å². The second kappa shape index (κ2) is 7.83. The van der Waals surface area contributed by atoms with Gasteiger partial charge < -0.3 is 5.32 Å². The van der Waals surface area contributed by atoms with Crippen LogP contribution < -0.4 is 5.32 Å². The molecule has 114 valence electrons. The molecule has 0 aliphatic carbocycles. The largest absolute Gasteiger partial charge is 0.352 e. The van der Waals surface area contributed by atoms with Crippen molar-refractivity contribution >= 4 is 29.1 Å². The smallest absolute Gasteiger partial charge is 0.224 e. The molecule has 1 aliphatic rings. The van der Waals surface area contributed by atoms with Crippen molar-refractivity contribution in [3.63, 3.8) is 0 Å². The number of hydrogen-bond donors (Lipinski definition) is 1. The maximum atomic E-state index is 12.0. The van der Waals surface area contributed by atoms with Gasteiger partial charge in [-0.25, -0.2) is 0 Å². The van der Waals surface area contributed by atoms with Crippen molar-refractivity contribution in [3.05, 3.63) is 46.5 Å². The van der Waals surface area contributed by atoms with E-state index in [4.69, 9.17) is 23.2 Å². The standard InChI is InChI=1S/C16H20Cl2N2O/c1-2-7-19-16(21)13-4-3-8-20(11-13)10-12-5-6-14(17)15(18)9-12/h2,5-6,9,13H,1,3-4,7-8,10-11H2,(H,19,21). The van der Waals surface area contributed by atoms with Crippen LogP contribution in [0.15, 0.2) is 30.9 Å². The summed E-state index contributed by atoms with van der Waals surface area (Å²) in [7, 11) is 0. The summed E-state index contributed by atoms with van der Waals surface area (Å²) in [4.78, 5) is 14.3. The maximum absolute atomic E-state index is 12.0. The van der Waals surface area contributed by atoms with Gasteiger partial charge in [0.1, 0.15) is 0 Å². The number of carbonyl (C=O) groups is 1. The van der Waals surface area contributed by atoms with Crippen molar-refractivity contribution in [2.45, 2.75) is 19.4 Å².